The van der Waals surface area contributed by atoms with Gasteiger partial charge in [0.25, 0.3) is 0 Å². The number of aliphatic hydroxyl groups excluding tert-OH is 1. The van der Waals surface area contributed by atoms with Crippen molar-refractivity contribution in [3.8, 4) is 24.1 Å². The highest BCUT2D eigenvalue weighted by atomic mass is 16.6. The molecule has 12 nitrogen and oxygen atoms in total. The molecule has 3 aromatic carbocycles. The lowest BCUT2D eigenvalue weighted by molar-refractivity contribution is -0.150. The number of benzene rings is 3. The molecule has 1 aliphatic carbocycles. The number of aliphatic hydroxyl groups is 1. The van der Waals surface area contributed by atoms with Gasteiger partial charge in [0.15, 0.2) is 5.66 Å². The molecule has 0 atom stereocenters. The Morgan fingerprint density at radius 3 is 1.90 bits per heavy atom. The van der Waals surface area contributed by atoms with Gasteiger partial charge in [-0.05, 0) is 78.6 Å². The van der Waals surface area contributed by atoms with E-state index in [-0.39, 0.29) is 60.7 Å². The minimum atomic E-state index is -1.33. The number of hydrogen-bond donors (Lipinski definition) is 4. The van der Waals surface area contributed by atoms with E-state index in [0.717, 1.165) is 86.4 Å². The van der Waals surface area contributed by atoms with E-state index < -0.39 is 11.3 Å². The van der Waals surface area contributed by atoms with Gasteiger partial charge in [0.2, 0.25) is 11.4 Å². The predicted octanol–water partition coefficient (Wildman–Crippen LogP) is 9.41. The van der Waals surface area contributed by atoms with Crippen LogP contribution in [0.25, 0.3) is 27.6 Å². The zero-order valence-electron chi connectivity index (χ0n) is 39.9. The van der Waals surface area contributed by atoms with Crippen molar-refractivity contribution in [2.45, 2.75) is 136 Å². The number of ether oxygens (including phenoxy) is 4. The van der Waals surface area contributed by atoms with Crippen molar-refractivity contribution in [3.05, 3.63) is 94.2 Å². The Kier molecular flexibility index (Phi) is 17.6. The third-order valence-corrected chi connectivity index (χ3v) is 12.1. The van der Waals surface area contributed by atoms with Gasteiger partial charge >= 0.3 is 11.9 Å². The van der Waals surface area contributed by atoms with Crippen molar-refractivity contribution in [1.82, 2.24) is 5.32 Å². The Morgan fingerprint density at radius 2 is 1.33 bits per heavy atom. The van der Waals surface area contributed by atoms with Crippen molar-refractivity contribution in [3.63, 3.8) is 0 Å². The molecule has 2 aliphatic heterocycles. The van der Waals surface area contributed by atoms with Crippen LogP contribution >= 0.6 is 0 Å². The third kappa shape index (κ3) is 11.8. The molecule has 6 rings (SSSR count). The van der Waals surface area contributed by atoms with E-state index in [2.05, 4.69) is 74.3 Å². The van der Waals surface area contributed by atoms with Crippen molar-refractivity contribution in [2.75, 3.05) is 37.1 Å². The molecular formula is C55H66N4O8. The molecule has 3 aromatic rings. The average Bonchev–Trinajstić information content (AvgIpc) is 3.32. The normalized spacial score (nSPS) is 16.3. The fourth-order valence-corrected chi connectivity index (χ4v) is 8.48. The Balaban J connectivity index is 1.36. The third-order valence-electron chi connectivity index (χ3n) is 12.1. The molecule has 0 spiro atoms. The van der Waals surface area contributed by atoms with E-state index in [1.165, 1.54) is 0 Å². The molecule has 0 amide bonds. The predicted molar refractivity (Wildman–Crippen MR) is 265 cm³/mol. The van der Waals surface area contributed by atoms with Gasteiger partial charge in [-0.3, -0.25) is 14.4 Å². The largest absolute Gasteiger partial charge is 0.506 e. The number of nitrogens with one attached hydrogen (secondary N) is 3. The van der Waals surface area contributed by atoms with E-state index >= 15 is 0 Å². The first kappa shape index (κ1) is 49.8. The summed E-state index contributed by atoms with van der Waals surface area (Å²) in [5.74, 6) is 5.18. The number of ketones is 1. The van der Waals surface area contributed by atoms with Gasteiger partial charge in [-0.15, -0.1) is 0 Å². The van der Waals surface area contributed by atoms with Crippen molar-refractivity contribution >= 4 is 56.7 Å². The fraction of sp³-hybridized carbons (Fsp3) is 0.455. The number of Topliss-reactive ketones (excluding diaryl/α,β-unsaturated/α-hetero) is 1. The molecule has 0 unspecified atom stereocenters. The molecular weight excluding hydrogens is 845 g/mol. The quantitative estimate of drug-likeness (QED) is 0.0433. The first-order valence-electron chi connectivity index (χ1n) is 24.1. The first-order chi connectivity index (χ1) is 32.5. The highest BCUT2D eigenvalue weighted by Crippen LogP contribution is 2.45. The zero-order chi connectivity index (χ0) is 47.8. The molecule has 12 heteroatoms. The summed E-state index contributed by atoms with van der Waals surface area (Å²) in [4.78, 5) is 45.1. The topological polar surface area (TPSA) is 157 Å². The smallest absolute Gasteiger partial charge is 0.305 e. The van der Waals surface area contributed by atoms with Crippen molar-refractivity contribution in [1.29, 1.82) is 0 Å². The molecule has 4 N–H and O–H groups in total. The molecule has 0 radical (unpaired) electrons. The minimum Gasteiger partial charge on any atom is -0.506 e. The highest BCUT2D eigenvalue weighted by Gasteiger charge is 2.41. The monoisotopic (exact) mass is 910 g/mol. The maximum atomic E-state index is 14.4. The Labute approximate surface area is 395 Å². The van der Waals surface area contributed by atoms with E-state index in [1.807, 2.05) is 37.3 Å². The molecule has 0 fully saturated rings. The van der Waals surface area contributed by atoms with Crippen LogP contribution in [0.5, 0.6) is 0 Å². The molecule has 354 valence electrons. The standard InChI is InChI=1S/C55H66N4O8/c1-7-12-16-24-46(60)66-36-55(37-67-47(61)25-17-13-8-2)58-42(21-11-5)48-38(6)39(26-28-44(48)59-55)50-52(62)51(53(50)63)41-27-29-45-49-40(41)22-20-23-43(49)56-54(57-45,30-34-64-32-18-14-9-3)31-35-65-33-19-15-10-4/h11,20-23,26-29,56-58,62H,5,7-10,12-19,24-25,32-33,36-37H2,1-4,6H3/b42-21+,50-39-. The summed E-state index contributed by atoms with van der Waals surface area (Å²) in [6.07, 6.45) is 20.9. The number of esters is 2. The number of fused-ring (bicyclic) bond motifs is 1. The van der Waals surface area contributed by atoms with Gasteiger partial charge < -0.3 is 40.0 Å². The van der Waals surface area contributed by atoms with Gasteiger partial charge in [-0.2, -0.15) is 0 Å². The number of unbranched alkanes of at least 4 members (excludes halogenated alkanes) is 8. The van der Waals surface area contributed by atoms with Crippen LogP contribution in [0, 0.1) is 31.0 Å². The fourth-order valence-electron chi connectivity index (χ4n) is 8.48. The summed E-state index contributed by atoms with van der Waals surface area (Å²) in [6.45, 7) is 14.9. The van der Waals surface area contributed by atoms with Crippen LogP contribution in [-0.2, 0) is 33.3 Å². The summed E-state index contributed by atoms with van der Waals surface area (Å²) in [6, 6.07) is 13.0. The number of anilines is 2. The molecule has 0 saturated heterocycles. The molecule has 0 aromatic heterocycles. The number of rotatable bonds is 22. The highest BCUT2D eigenvalue weighted by molar-refractivity contribution is 6.52. The van der Waals surface area contributed by atoms with Crippen LogP contribution in [0.3, 0.4) is 0 Å². The Morgan fingerprint density at radius 1 is 0.746 bits per heavy atom. The van der Waals surface area contributed by atoms with Gasteiger partial charge in [-0.25, -0.2) is 4.99 Å². The van der Waals surface area contributed by atoms with Crippen molar-refractivity contribution in [2.24, 2.45) is 4.99 Å². The summed E-state index contributed by atoms with van der Waals surface area (Å²) in [5.41, 5.74) is 1.83. The second-order valence-electron chi connectivity index (χ2n) is 17.3. The number of carbonyl (C=O) groups is 3. The SMILES string of the molecule is C=C/C=C1/NC(COC(=O)CCCCC)(COC(=O)CCCCC)N=c2cc/c(=C3/C(=O)C(c4ccc5c6c(cccc46)NC(C#COCCCCC)(C#COCCCCC)N5)=C3O)c(C)c21. The van der Waals surface area contributed by atoms with Crippen LogP contribution in [-0.4, -0.2) is 60.6 Å². The summed E-state index contributed by atoms with van der Waals surface area (Å²) in [5, 5.41) is 24.9. The van der Waals surface area contributed by atoms with Crippen molar-refractivity contribution < 1.29 is 38.4 Å². The molecule has 0 saturated carbocycles. The zero-order valence-corrected chi connectivity index (χ0v) is 39.9. The van der Waals surface area contributed by atoms with Gasteiger partial charge in [0, 0.05) is 52.7 Å². The number of allylic oxidation sites excluding steroid dienone is 4. The van der Waals surface area contributed by atoms with Gasteiger partial charge in [0.05, 0.1) is 16.5 Å². The number of hydrogen-bond acceptors (Lipinski definition) is 12. The van der Waals surface area contributed by atoms with E-state index in [9.17, 15) is 19.5 Å². The lowest BCUT2D eigenvalue weighted by Gasteiger charge is -2.36. The summed E-state index contributed by atoms with van der Waals surface area (Å²) in [7, 11) is 0. The van der Waals surface area contributed by atoms with Crippen LogP contribution in [0.2, 0.25) is 0 Å². The second-order valence-corrected chi connectivity index (χ2v) is 17.3. The van der Waals surface area contributed by atoms with E-state index in [4.69, 9.17) is 23.9 Å². The lowest BCUT2D eigenvalue weighted by atomic mass is 9.79. The Bertz CT molecular complexity index is 2590. The molecule has 3 aliphatic rings. The maximum absolute atomic E-state index is 14.4. The minimum absolute atomic E-state index is 0.119. The maximum Gasteiger partial charge on any atom is 0.305 e. The van der Waals surface area contributed by atoms with Crippen LogP contribution in [0.15, 0.2) is 71.9 Å². The first-order valence-corrected chi connectivity index (χ1v) is 24.1. The van der Waals surface area contributed by atoms with E-state index in [1.54, 1.807) is 24.3 Å². The number of nitrogens with zero attached hydrogens (tertiary/aromatic N) is 1. The Hall–Kier alpha value is -6.66. The van der Waals surface area contributed by atoms with Gasteiger partial charge in [0.1, 0.15) is 44.4 Å². The van der Waals surface area contributed by atoms with E-state index in [0.29, 0.717) is 59.0 Å². The molecule has 2 heterocycles. The lowest BCUT2D eigenvalue weighted by Crippen LogP contribution is -2.55. The van der Waals surface area contributed by atoms with Gasteiger partial charge in [-0.1, -0.05) is 116 Å². The van der Waals surface area contributed by atoms with Crippen LogP contribution in [0.4, 0.5) is 11.4 Å². The number of carbonyl (C=O) groups excluding carboxylic acids is 3. The molecule has 0 bridgehead atoms. The summed E-state index contributed by atoms with van der Waals surface area (Å²) < 4.78 is 22.9. The second kappa shape index (κ2) is 23.7. The van der Waals surface area contributed by atoms with Crippen LogP contribution < -0.4 is 26.5 Å². The van der Waals surface area contributed by atoms with Crippen LogP contribution in [0.1, 0.15) is 134 Å². The average molecular weight is 911 g/mol. The summed E-state index contributed by atoms with van der Waals surface area (Å²) >= 11 is 0. The molecule has 67 heavy (non-hydrogen) atoms.